The van der Waals surface area contributed by atoms with E-state index in [1.807, 2.05) is 0 Å². The molecule has 2 saturated carbocycles. The number of hydrogen-bond donors (Lipinski definition) is 1. The standard InChI is InChI=1S/C17H29N3/c1-16(14-18,19-15-4-5-15)8-11-20-12-9-17(10-13-20)6-2-3-7-17/h15,19H,2-13H2,1H3. The predicted molar refractivity (Wildman–Crippen MR) is 81.4 cm³/mol. The zero-order chi connectivity index (χ0) is 14.1. The second-order valence-corrected chi connectivity index (χ2v) is 7.66. The average Bonchev–Trinajstić information content (AvgIpc) is 3.16. The van der Waals surface area contributed by atoms with Crippen molar-refractivity contribution in [2.24, 2.45) is 5.41 Å². The first-order valence-electron chi connectivity index (χ1n) is 8.55. The van der Waals surface area contributed by atoms with E-state index in [9.17, 15) is 5.26 Å². The highest BCUT2D eigenvalue weighted by Gasteiger charge is 2.38. The molecule has 3 fully saturated rings. The predicted octanol–water partition coefficient (Wildman–Crippen LogP) is 3.07. The average molecular weight is 275 g/mol. The zero-order valence-electron chi connectivity index (χ0n) is 13.0. The van der Waals surface area contributed by atoms with E-state index in [-0.39, 0.29) is 5.54 Å². The van der Waals surface area contributed by atoms with Crippen LogP contribution in [0, 0.1) is 16.7 Å². The molecule has 1 atom stereocenters. The van der Waals surface area contributed by atoms with E-state index in [0.29, 0.717) is 11.5 Å². The Balaban J connectivity index is 1.43. The first kappa shape index (κ1) is 14.4. The number of nitriles is 1. The first-order valence-corrected chi connectivity index (χ1v) is 8.55. The maximum atomic E-state index is 9.43. The van der Waals surface area contributed by atoms with Gasteiger partial charge in [0.2, 0.25) is 0 Å². The first-order chi connectivity index (χ1) is 9.63. The molecule has 112 valence electrons. The van der Waals surface area contributed by atoms with Gasteiger partial charge in [-0.1, -0.05) is 12.8 Å². The van der Waals surface area contributed by atoms with Crippen LogP contribution in [0.5, 0.6) is 0 Å². The Morgan fingerprint density at radius 3 is 2.40 bits per heavy atom. The molecule has 0 aromatic carbocycles. The van der Waals surface area contributed by atoms with Gasteiger partial charge in [-0.15, -0.1) is 0 Å². The van der Waals surface area contributed by atoms with Gasteiger partial charge in [-0.05, 0) is 70.4 Å². The summed E-state index contributed by atoms with van der Waals surface area (Å²) >= 11 is 0. The second kappa shape index (κ2) is 5.66. The summed E-state index contributed by atoms with van der Waals surface area (Å²) in [5, 5.41) is 12.9. The lowest BCUT2D eigenvalue weighted by molar-refractivity contribution is 0.103. The summed E-state index contributed by atoms with van der Waals surface area (Å²) in [5.41, 5.74) is 0.394. The van der Waals surface area contributed by atoms with Crippen molar-refractivity contribution in [1.82, 2.24) is 10.2 Å². The minimum absolute atomic E-state index is 0.316. The second-order valence-electron chi connectivity index (χ2n) is 7.66. The molecule has 1 spiro atoms. The maximum Gasteiger partial charge on any atom is 0.105 e. The smallest absolute Gasteiger partial charge is 0.105 e. The van der Waals surface area contributed by atoms with Crippen molar-refractivity contribution in [3.63, 3.8) is 0 Å². The van der Waals surface area contributed by atoms with Gasteiger partial charge in [0.25, 0.3) is 0 Å². The van der Waals surface area contributed by atoms with Crippen molar-refractivity contribution < 1.29 is 0 Å². The summed E-state index contributed by atoms with van der Waals surface area (Å²) in [4.78, 5) is 2.59. The summed E-state index contributed by atoms with van der Waals surface area (Å²) in [6, 6.07) is 3.11. The molecule has 1 aliphatic heterocycles. The topological polar surface area (TPSA) is 39.1 Å². The molecule has 0 amide bonds. The van der Waals surface area contributed by atoms with Crippen LogP contribution in [0.1, 0.15) is 64.7 Å². The molecule has 0 radical (unpaired) electrons. The number of likely N-dealkylation sites (tertiary alicyclic amines) is 1. The van der Waals surface area contributed by atoms with E-state index >= 15 is 0 Å². The molecule has 1 heterocycles. The number of rotatable bonds is 5. The van der Waals surface area contributed by atoms with E-state index in [4.69, 9.17) is 0 Å². The van der Waals surface area contributed by atoms with Crippen LogP contribution >= 0.6 is 0 Å². The fourth-order valence-corrected chi connectivity index (χ4v) is 4.10. The lowest BCUT2D eigenvalue weighted by atomic mass is 9.77. The van der Waals surface area contributed by atoms with Gasteiger partial charge < -0.3 is 4.90 Å². The molecule has 1 saturated heterocycles. The monoisotopic (exact) mass is 275 g/mol. The van der Waals surface area contributed by atoms with Crippen molar-refractivity contribution in [3.8, 4) is 6.07 Å². The quantitative estimate of drug-likeness (QED) is 0.838. The lowest BCUT2D eigenvalue weighted by Gasteiger charge is -2.40. The van der Waals surface area contributed by atoms with Crippen LogP contribution < -0.4 is 5.32 Å². The van der Waals surface area contributed by atoms with Crippen molar-refractivity contribution >= 4 is 0 Å². The fraction of sp³-hybridized carbons (Fsp3) is 0.941. The molecule has 3 rings (SSSR count). The normalized spacial score (nSPS) is 29.2. The van der Waals surface area contributed by atoms with Crippen LogP contribution in [0.2, 0.25) is 0 Å². The summed E-state index contributed by atoms with van der Waals surface area (Å²) in [5.74, 6) is 0. The van der Waals surface area contributed by atoms with Gasteiger partial charge in [0.15, 0.2) is 0 Å². The molecular formula is C17H29N3. The Labute approximate surface area is 123 Å². The summed E-state index contributed by atoms with van der Waals surface area (Å²) < 4.78 is 0. The lowest BCUT2D eigenvalue weighted by Crippen LogP contribution is -2.46. The Morgan fingerprint density at radius 2 is 1.85 bits per heavy atom. The highest BCUT2D eigenvalue weighted by molar-refractivity contribution is 5.07. The third kappa shape index (κ3) is 3.35. The summed E-state index contributed by atoms with van der Waals surface area (Å²) in [6.45, 7) is 5.67. The van der Waals surface area contributed by atoms with Gasteiger partial charge in [0.05, 0.1) is 6.07 Å². The Morgan fingerprint density at radius 1 is 1.20 bits per heavy atom. The van der Waals surface area contributed by atoms with Crippen LogP contribution in [-0.2, 0) is 0 Å². The van der Waals surface area contributed by atoms with Crippen molar-refractivity contribution in [2.75, 3.05) is 19.6 Å². The number of nitrogens with zero attached hydrogens (tertiary/aromatic N) is 2. The number of nitrogens with one attached hydrogen (secondary N) is 1. The van der Waals surface area contributed by atoms with Crippen LogP contribution in [0.3, 0.4) is 0 Å². The van der Waals surface area contributed by atoms with Crippen molar-refractivity contribution in [3.05, 3.63) is 0 Å². The summed E-state index contributed by atoms with van der Waals surface area (Å²) in [6.07, 6.45) is 12.1. The van der Waals surface area contributed by atoms with Crippen molar-refractivity contribution in [2.45, 2.75) is 76.3 Å². The largest absolute Gasteiger partial charge is 0.303 e. The molecule has 3 heteroatoms. The van der Waals surface area contributed by atoms with Gasteiger partial charge >= 0.3 is 0 Å². The van der Waals surface area contributed by atoms with E-state index < -0.39 is 0 Å². The molecule has 0 bridgehead atoms. The fourth-order valence-electron chi connectivity index (χ4n) is 4.10. The van der Waals surface area contributed by atoms with E-state index in [2.05, 4.69) is 23.2 Å². The van der Waals surface area contributed by atoms with Crippen molar-refractivity contribution in [1.29, 1.82) is 5.26 Å². The van der Waals surface area contributed by atoms with Gasteiger partial charge in [-0.3, -0.25) is 5.32 Å². The Bertz CT molecular complexity index is 366. The van der Waals surface area contributed by atoms with Gasteiger partial charge in [0, 0.05) is 12.6 Å². The van der Waals surface area contributed by atoms with Gasteiger partial charge in [-0.25, -0.2) is 0 Å². The maximum absolute atomic E-state index is 9.43. The SMILES string of the molecule is CC(C#N)(CCN1CCC2(CCCC2)CC1)NC1CC1. The third-order valence-electron chi connectivity index (χ3n) is 5.86. The zero-order valence-corrected chi connectivity index (χ0v) is 13.0. The highest BCUT2D eigenvalue weighted by atomic mass is 15.1. The highest BCUT2D eigenvalue weighted by Crippen LogP contribution is 2.46. The Hall–Kier alpha value is -0.590. The molecule has 0 aromatic rings. The van der Waals surface area contributed by atoms with E-state index in [1.54, 1.807) is 0 Å². The van der Waals surface area contributed by atoms with Crippen LogP contribution in [0.15, 0.2) is 0 Å². The van der Waals surface area contributed by atoms with Gasteiger partial charge in [0.1, 0.15) is 5.54 Å². The number of piperidine rings is 1. The van der Waals surface area contributed by atoms with E-state index in [0.717, 1.165) is 13.0 Å². The number of hydrogen-bond acceptors (Lipinski definition) is 3. The molecule has 1 unspecified atom stereocenters. The minimum Gasteiger partial charge on any atom is -0.303 e. The molecular weight excluding hydrogens is 246 g/mol. The van der Waals surface area contributed by atoms with Crippen LogP contribution in [-0.4, -0.2) is 36.1 Å². The molecule has 2 aliphatic carbocycles. The molecule has 20 heavy (non-hydrogen) atoms. The molecule has 3 aliphatic rings. The molecule has 1 N–H and O–H groups in total. The van der Waals surface area contributed by atoms with Crippen LogP contribution in [0.25, 0.3) is 0 Å². The Kier molecular flexibility index (Phi) is 4.06. The van der Waals surface area contributed by atoms with E-state index in [1.165, 1.54) is 64.5 Å². The van der Waals surface area contributed by atoms with Crippen LogP contribution in [0.4, 0.5) is 0 Å². The molecule has 3 nitrogen and oxygen atoms in total. The molecule has 0 aromatic heterocycles. The summed E-state index contributed by atoms with van der Waals surface area (Å²) in [7, 11) is 0. The third-order valence-corrected chi connectivity index (χ3v) is 5.86. The van der Waals surface area contributed by atoms with Gasteiger partial charge in [-0.2, -0.15) is 5.26 Å². The minimum atomic E-state index is -0.316.